The van der Waals surface area contributed by atoms with Gasteiger partial charge in [-0.15, -0.1) is 5.10 Å². The predicted octanol–water partition coefficient (Wildman–Crippen LogP) is 0.894. The van der Waals surface area contributed by atoms with Crippen LogP contribution in [0.5, 0.6) is 0 Å². The normalized spacial score (nSPS) is 10.8. The molecule has 0 saturated carbocycles. The van der Waals surface area contributed by atoms with Gasteiger partial charge in [-0.05, 0) is 17.7 Å². The Morgan fingerprint density at radius 1 is 1.45 bits per heavy atom. The minimum atomic E-state index is -0.413. The molecule has 0 fully saturated rings. The van der Waals surface area contributed by atoms with Crippen LogP contribution in [-0.4, -0.2) is 47.2 Å². The van der Waals surface area contributed by atoms with Crippen molar-refractivity contribution in [3.8, 4) is 0 Å². The van der Waals surface area contributed by atoms with E-state index in [0.29, 0.717) is 11.1 Å². The van der Waals surface area contributed by atoms with Gasteiger partial charge in [0, 0.05) is 19.8 Å². The Bertz CT molecular complexity index is 651. The molecular formula is C13H17N7OS. The van der Waals surface area contributed by atoms with Crippen molar-refractivity contribution in [1.29, 1.82) is 0 Å². The zero-order valence-electron chi connectivity index (χ0n) is 12.3. The number of amides is 1. The molecule has 0 aliphatic heterocycles. The zero-order chi connectivity index (χ0) is 15.9. The average molecular weight is 319 g/mol. The second-order valence-corrected chi connectivity index (χ2v) is 5.52. The van der Waals surface area contributed by atoms with Crippen LogP contribution in [0, 0.1) is 0 Å². The standard InChI is InChI=1S/C13H17N7OS/c1-20(2)10-5-3-9(4-6-10)7-15-17-12-16-13(19-18-12)22-8-11(14)21/h3-7H,8H2,1-2H3,(H2,14,21)(H2,16,17,18,19)/b15-7-. The van der Waals surface area contributed by atoms with Crippen molar-refractivity contribution in [2.75, 3.05) is 30.2 Å². The van der Waals surface area contributed by atoms with Gasteiger partial charge in [-0.1, -0.05) is 23.9 Å². The molecule has 0 atom stereocenters. The summed E-state index contributed by atoms with van der Waals surface area (Å²) in [5.74, 6) is 0.121. The number of nitrogens with one attached hydrogen (secondary N) is 2. The molecule has 22 heavy (non-hydrogen) atoms. The fourth-order valence-electron chi connectivity index (χ4n) is 1.52. The van der Waals surface area contributed by atoms with E-state index in [2.05, 4.69) is 25.7 Å². The van der Waals surface area contributed by atoms with Crippen LogP contribution >= 0.6 is 11.8 Å². The number of H-pyrrole nitrogens is 1. The number of rotatable bonds is 7. The van der Waals surface area contributed by atoms with Crippen LogP contribution in [-0.2, 0) is 4.79 Å². The molecule has 0 saturated heterocycles. The van der Waals surface area contributed by atoms with Crippen molar-refractivity contribution in [2.24, 2.45) is 10.8 Å². The minimum absolute atomic E-state index is 0.138. The quantitative estimate of drug-likeness (QED) is 0.397. The molecule has 2 rings (SSSR count). The third-order valence-corrected chi connectivity index (χ3v) is 3.47. The van der Waals surface area contributed by atoms with E-state index in [1.165, 1.54) is 0 Å². The van der Waals surface area contributed by atoms with Gasteiger partial charge < -0.3 is 10.6 Å². The highest BCUT2D eigenvalue weighted by Crippen LogP contribution is 2.13. The Labute approximate surface area is 132 Å². The van der Waals surface area contributed by atoms with Gasteiger partial charge in [0.05, 0.1) is 12.0 Å². The van der Waals surface area contributed by atoms with Gasteiger partial charge in [0.1, 0.15) is 0 Å². The highest BCUT2D eigenvalue weighted by molar-refractivity contribution is 7.99. The Balaban J connectivity index is 1.88. The zero-order valence-corrected chi connectivity index (χ0v) is 13.1. The lowest BCUT2D eigenvalue weighted by atomic mass is 10.2. The molecule has 4 N–H and O–H groups in total. The monoisotopic (exact) mass is 319 g/mol. The first-order chi connectivity index (χ1) is 10.5. The van der Waals surface area contributed by atoms with Crippen LogP contribution in [0.25, 0.3) is 0 Å². The smallest absolute Gasteiger partial charge is 0.240 e. The van der Waals surface area contributed by atoms with Crippen LogP contribution in [0.1, 0.15) is 5.56 Å². The van der Waals surface area contributed by atoms with Gasteiger partial charge in [-0.3, -0.25) is 4.79 Å². The fraction of sp³-hybridized carbons (Fsp3) is 0.231. The summed E-state index contributed by atoms with van der Waals surface area (Å²) < 4.78 is 0. The number of hydrogen-bond acceptors (Lipinski definition) is 7. The number of aromatic nitrogens is 3. The van der Waals surface area contributed by atoms with Gasteiger partial charge in [0.2, 0.25) is 17.0 Å². The summed E-state index contributed by atoms with van der Waals surface area (Å²) in [5.41, 5.74) is 9.87. The maximum absolute atomic E-state index is 10.7. The number of anilines is 2. The Kier molecular flexibility index (Phi) is 5.37. The van der Waals surface area contributed by atoms with Crippen LogP contribution in [0.4, 0.5) is 11.6 Å². The number of nitrogens with two attached hydrogens (primary N) is 1. The third kappa shape index (κ3) is 4.77. The summed E-state index contributed by atoms with van der Waals surface area (Å²) in [7, 11) is 3.98. The Hall–Kier alpha value is -2.55. The summed E-state index contributed by atoms with van der Waals surface area (Å²) in [5, 5.41) is 11.1. The Morgan fingerprint density at radius 3 is 2.82 bits per heavy atom. The van der Waals surface area contributed by atoms with Crippen molar-refractivity contribution in [3.63, 3.8) is 0 Å². The van der Waals surface area contributed by atoms with E-state index in [0.717, 1.165) is 23.0 Å². The van der Waals surface area contributed by atoms with Crippen molar-refractivity contribution in [1.82, 2.24) is 15.2 Å². The van der Waals surface area contributed by atoms with Crippen LogP contribution < -0.4 is 16.1 Å². The number of hydrogen-bond donors (Lipinski definition) is 3. The van der Waals surface area contributed by atoms with Gasteiger partial charge in [0.25, 0.3) is 0 Å². The number of nitrogens with zero attached hydrogens (tertiary/aromatic N) is 4. The molecule has 1 aromatic carbocycles. The van der Waals surface area contributed by atoms with Crippen LogP contribution in [0.15, 0.2) is 34.5 Å². The molecule has 0 aliphatic carbocycles. The van der Waals surface area contributed by atoms with E-state index in [9.17, 15) is 4.79 Å². The highest BCUT2D eigenvalue weighted by Gasteiger charge is 2.04. The van der Waals surface area contributed by atoms with E-state index < -0.39 is 5.91 Å². The number of thioether (sulfide) groups is 1. The maximum atomic E-state index is 10.7. The maximum Gasteiger partial charge on any atom is 0.240 e. The summed E-state index contributed by atoms with van der Waals surface area (Å²) in [4.78, 5) is 16.8. The SMILES string of the molecule is CN(C)c1ccc(/C=N\Nc2nc(SCC(N)=O)n[nH]2)cc1. The molecular weight excluding hydrogens is 302 g/mol. The molecule has 1 aromatic heterocycles. The van der Waals surface area contributed by atoms with Gasteiger partial charge in [-0.2, -0.15) is 10.1 Å². The lowest BCUT2D eigenvalue weighted by molar-refractivity contribution is -0.115. The second-order valence-electron chi connectivity index (χ2n) is 4.58. The first-order valence-corrected chi connectivity index (χ1v) is 7.43. The molecule has 8 nitrogen and oxygen atoms in total. The summed E-state index contributed by atoms with van der Waals surface area (Å²) >= 11 is 1.16. The number of aromatic amines is 1. The molecule has 0 bridgehead atoms. The third-order valence-electron chi connectivity index (χ3n) is 2.60. The average Bonchev–Trinajstić information content (AvgIpc) is 2.93. The number of benzene rings is 1. The molecule has 9 heteroatoms. The lowest BCUT2D eigenvalue weighted by Gasteiger charge is -2.11. The van der Waals surface area contributed by atoms with Crippen molar-refractivity contribution in [3.05, 3.63) is 29.8 Å². The van der Waals surface area contributed by atoms with E-state index in [4.69, 9.17) is 5.73 Å². The van der Waals surface area contributed by atoms with Crippen molar-refractivity contribution in [2.45, 2.75) is 5.16 Å². The highest BCUT2D eigenvalue weighted by atomic mass is 32.2. The molecule has 1 heterocycles. The molecule has 0 aliphatic rings. The summed E-state index contributed by atoms with van der Waals surface area (Å²) in [6, 6.07) is 7.95. The molecule has 0 radical (unpaired) electrons. The number of carbonyl (C=O) groups excluding carboxylic acids is 1. The van der Waals surface area contributed by atoms with Crippen molar-refractivity contribution >= 4 is 35.5 Å². The van der Waals surface area contributed by atoms with E-state index in [1.54, 1.807) is 6.21 Å². The minimum Gasteiger partial charge on any atom is -0.378 e. The molecule has 0 unspecified atom stereocenters. The summed E-state index contributed by atoms with van der Waals surface area (Å²) in [6.45, 7) is 0. The first-order valence-electron chi connectivity index (χ1n) is 6.44. The van der Waals surface area contributed by atoms with Crippen LogP contribution in [0.2, 0.25) is 0 Å². The Morgan fingerprint density at radius 2 is 2.18 bits per heavy atom. The second kappa shape index (κ2) is 7.46. The van der Waals surface area contributed by atoms with E-state index in [1.807, 2.05) is 43.3 Å². The molecule has 2 aromatic rings. The fourth-order valence-corrected chi connectivity index (χ4v) is 2.06. The van der Waals surface area contributed by atoms with Crippen molar-refractivity contribution < 1.29 is 4.79 Å². The molecule has 116 valence electrons. The predicted molar refractivity (Wildman–Crippen MR) is 88.3 cm³/mol. The number of carbonyl (C=O) groups is 1. The van der Waals surface area contributed by atoms with Gasteiger partial charge in [-0.25, -0.2) is 10.5 Å². The van der Waals surface area contributed by atoms with Crippen LogP contribution in [0.3, 0.4) is 0 Å². The first kappa shape index (κ1) is 15.8. The summed E-state index contributed by atoms with van der Waals surface area (Å²) in [6.07, 6.45) is 1.68. The molecule has 0 spiro atoms. The number of hydrazone groups is 1. The number of primary amides is 1. The van der Waals surface area contributed by atoms with E-state index in [-0.39, 0.29) is 5.75 Å². The van der Waals surface area contributed by atoms with E-state index >= 15 is 0 Å². The van der Waals surface area contributed by atoms with Gasteiger partial charge in [0.15, 0.2) is 0 Å². The molecule has 1 amide bonds. The lowest BCUT2D eigenvalue weighted by Crippen LogP contribution is -2.13. The largest absolute Gasteiger partial charge is 0.378 e. The van der Waals surface area contributed by atoms with Gasteiger partial charge >= 0.3 is 0 Å². The topological polar surface area (TPSA) is 112 Å².